The molecule has 0 saturated carbocycles. The molecule has 3 aromatic rings. The summed E-state index contributed by atoms with van der Waals surface area (Å²) in [7, 11) is 1.62. The molecule has 158 valence electrons. The minimum atomic E-state index is -0.326. The van der Waals surface area contributed by atoms with Gasteiger partial charge < -0.3 is 19.7 Å². The van der Waals surface area contributed by atoms with Crippen LogP contribution in [0.1, 0.15) is 27.7 Å². The Morgan fingerprint density at radius 3 is 2.58 bits per heavy atom. The van der Waals surface area contributed by atoms with Crippen LogP contribution in [0.4, 0.5) is 5.69 Å². The number of benzene rings is 3. The van der Waals surface area contributed by atoms with Gasteiger partial charge in [0, 0.05) is 18.7 Å². The van der Waals surface area contributed by atoms with Gasteiger partial charge in [-0.2, -0.15) is 0 Å². The Kier molecular flexibility index (Phi) is 6.22. The summed E-state index contributed by atoms with van der Waals surface area (Å²) in [5.41, 5.74) is 3.62. The highest BCUT2D eigenvalue weighted by atomic mass is 16.5. The van der Waals surface area contributed by atoms with E-state index in [2.05, 4.69) is 24.0 Å². The van der Waals surface area contributed by atoms with Gasteiger partial charge in [0.25, 0.3) is 5.91 Å². The molecular formula is C26H26N2O3. The molecule has 0 spiro atoms. The van der Waals surface area contributed by atoms with Crippen LogP contribution in [0.5, 0.6) is 11.5 Å². The topological polar surface area (TPSA) is 50.8 Å². The number of anilines is 1. The first-order valence-corrected chi connectivity index (χ1v) is 10.3. The fourth-order valence-corrected chi connectivity index (χ4v) is 3.78. The van der Waals surface area contributed by atoms with Gasteiger partial charge in [-0.1, -0.05) is 54.6 Å². The van der Waals surface area contributed by atoms with Crippen molar-refractivity contribution < 1.29 is 14.3 Å². The van der Waals surface area contributed by atoms with Gasteiger partial charge in [0.2, 0.25) is 0 Å². The van der Waals surface area contributed by atoms with Crippen molar-refractivity contribution in [3.05, 3.63) is 102 Å². The molecule has 31 heavy (non-hydrogen) atoms. The third-order valence-corrected chi connectivity index (χ3v) is 5.34. The predicted octanol–water partition coefficient (Wildman–Crippen LogP) is 5.07. The van der Waals surface area contributed by atoms with Crippen LogP contribution in [0.25, 0.3) is 0 Å². The molecule has 1 unspecified atom stereocenters. The van der Waals surface area contributed by atoms with E-state index in [1.165, 1.54) is 5.56 Å². The second-order valence-corrected chi connectivity index (χ2v) is 7.33. The van der Waals surface area contributed by atoms with Gasteiger partial charge in [-0.05, 0) is 35.4 Å². The first-order chi connectivity index (χ1) is 15.2. The number of hydrogen-bond acceptors (Lipinski definition) is 4. The second kappa shape index (κ2) is 9.39. The lowest BCUT2D eigenvalue weighted by Gasteiger charge is -2.37. The van der Waals surface area contributed by atoms with E-state index in [4.69, 9.17) is 9.47 Å². The standard InChI is InChI=1S/C26H26N2O3/c1-3-16-28-25(27-22-12-8-7-11-21(22)26(28)29)20-13-14-23(24(18-20)30-2)31-17-15-19-9-5-4-6-10-19/h3-14,18,25,27H,1,15-17H2,2H3. The molecule has 0 aliphatic carbocycles. The van der Waals surface area contributed by atoms with Crippen LogP contribution in [0.15, 0.2) is 85.5 Å². The van der Waals surface area contributed by atoms with Gasteiger partial charge >= 0.3 is 0 Å². The molecule has 1 aliphatic heterocycles. The van der Waals surface area contributed by atoms with Crippen LogP contribution in [0.2, 0.25) is 0 Å². The van der Waals surface area contributed by atoms with E-state index < -0.39 is 0 Å². The molecule has 1 aliphatic rings. The molecule has 3 aromatic carbocycles. The molecule has 5 heteroatoms. The molecule has 0 bridgehead atoms. The number of amides is 1. The monoisotopic (exact) mass is 414 g/mol. The summed E-state index contributed by atoms with van der Waals surface area (Å²) in [5, 5.41) is 3.47. The van der Waals surface area contributed by atoms with Crippen molar-refractivity contribution in [1.82, 2.24) is 4.90 Å². The Morgan fingerprint density at radius 2 is 1.81 bits per heavy atom. The van der Waals surface area contributed by atoms with Gasteiger partial charge in [0.05, 0.1) is 19.3 Å². The first kappa shape index (κ1) is 20.5. The van der Waals surface area contributed by atoms with Crippen LogP contribution in [-0.4, -0.2) is 31.1 Å². The smallest absolute Gasteiger partial charge is 0.258 e. The summed E-state index contributed by atoms with van der Waals surface area (Å²) in [6, 6.07) is 23.6. The molecule has 1 heterocycles. The number of rotatable bonds is 8. The van der Waals surface area contributed by atoms with E-state index in [9.17, 15) is 4.79 Å². The first-order valence-electron chi connectivity index (χ1n) is 10.3. The van der Waals surface area contributed by atoms with E-state index in [-0.39, 0.29) is 12.1 Å². The number of carbonyl (C=O) groups excluding carboxylic acids is 1. The third-order valence-electron chi connectivity index (χ3n) is 5.34. The van der Waals surface area contributed by atoms with E-state index in [1.54, 1.807) is 18.1 Å². The largest absolute Gasteiger partial charge is 0.493 e. The van der Waals surface area contributed by atoms with Crippen molar-refractivity contribution >= 4 is 11.6 Å². The predicted molar refractivity (Wildman–Crippen MR) is 123 cm³/mol. The SMILES string of the molecule is C=CCN1C(=O)c2ccccc2NC1c1ccc(OCCc2ccccc2)c(OC)c1. The van der Waals surface area contributed by atoms with Gasteiger partial charge in [0.1, 0.15) is 6.17 Å². The van der Waals surface area contributed by atoms with Crippen LogP contribution >= 0.6 is 0 Å². The number of nitrogens with one attached hydrogen (secondary N) is 1. The van der Waals surface area contributed by atoms with E-state index in [1.807, 2.05) is 60.7 Å². The highest BCUT2D eigenvalue weighted by molar-refractivity contribution is 6.01. The van der Waals surface area contributed by atoms with Crippen LogP contribution < -0.4 is 14.8 Å². The maximum absolute atomic E-state index is 13.1. The fourth-order valence-electron chi connectivity index (χ4n) is 3.78. The van der Waals surface area contributed by atoms with Gasteiger partial charge in [-0.15, -0.1) is 6.58 Å². The minimum Gasteiger partial charge on any atom is -0.493 e. The van der Waals surface area contributed by atoms with E-state index >= 15 is 0 Å². The van der Waals surface area contributed by atoms with Crippen molar-refractivity contribution in [3.63, 3.8) is 0 Å². The summed E-state index contributed by atoms with van der Waals surface area (Å²) in [5.74, 6) is 1.29. The lowest BCUT2D eigenvalue weighted by atomic mass is 10.0. The van der Waals surface area contributed by atoms with Crippen molar-refractivity contribution in [3.8, 4) is 11.5 Å². The number of nitrogens with zero attached hydrogens (tertiary/aromatic N) is 1. The minimum absolute atomic E-state index is 0.0265. The summed E-state index contributed by atoms with van der Waals surface area (Å²) >= 11 is 0. The van der Waals surface area contributed by atoms with Crippen molar-refractivity contribution in [1.29, 1.82) is 0 Å². The Morgan fingerprint density at radius 1 is 1.03 bits per heavy atom. The summed E-state index contributed by atoms with van der Waals surface area (Å²) < 4.78 is 11.6. The maximum Gasteiger partial charge on any atom is 0.258 e. The maximum atomic E-state index is 13.1. The molecule has 0 aromatic heterocycles. The van der Waals surface area contributed by atoms with E-state index in [0.717, 1.165) is 17.7 Å². The van der Waals surface area contributed by atoms with Crippen LogP contribution in [0, 0.1) is 0 Å². The molecule has 0 radical (unpaired) electrons. The highest BCUT2D eigenvalue weighted by Gasteiger charge is 2.32. The molecule has 5 nitrogen and oxygen atoms in total. The number of methoxy groups -OCH3 is 1. The zero-order valence-electron chi connectivity index (χ0n) is 17.6. The molecule has 0 saturated heterocycles. The zero-order valence-corrected chi connectivity index (χ0v) is 17.6. The molecular weight excluding hydrogens is 388 g/mol. The quantitative estimate of drug-likeness (QED) is 0.523. The highest BCUT2D eigenvalue weighted by Crippen LogP contribution is 2.36. The average Bonchev–Trinajstić information content (AvgIpc) is 2.82. The van der Waals surface area contributed by atoms with Crippen LogP contribution in [0.3, 0.4) is 0 Å². The van der Waals surface area contributed by atoms with Gasteiger partial charge in [-0.3, -0.25) is 4.79 Å². The zero-order chi connectivity index (χ0) is 21.6. The van der Waals surface area contributed by atoms with Gasteiger partial charge in [0.15, 0.2) is 11.5 Å². The van der Waals surface area contributed by atoms with Crippen LogP contribution in [-0.2, 0) is 6.42 Å². The second-order valence-electron chi connectivity index (χ2n) is 7.33. The van der Waals surface area contributed by atoms with Gasteiger partial charge in [-0.25, -0.2) is 0 Å². The normalized spacial score (nSPS) is 15.1. The Labute approximate surface area is 182 Å². The Balaban J connectivity index is 1.55. The lowest BCUT2D eigenvalue weighted by molar-refractivity contribution is 0.0707. The average molecular weight is 415 g/mol. The number of carbonyl (C=O) groups is 1. The summed E-state index contributed by atoms with van der Waals surface area (Å²) in [4.78, 5) is 14.8. The summed E-state index contributed by atoms with van der Waals surface area (Å²) in [6.45, 7) is 4.80. The molecule has 1 atom stereocenters. The number of hydrogen-bond donors (Lipinski definition) is 1. The summed E-state index contributed by atoms with van der Waals surface area (Å²) in [6.07, 6.45) is 2.22. The van der Waals surface area contributed by atoms with Crippen molar-refractivity contribution in [2.24, 2.45) is 0 Å². The lowest BCUT2D eigenvalue weighted by Crippen LogP contribution is -2.42. The van der Waals surface area contributed by atoms with E-state index in [0.29, 0.717) is 30.2 Å². The fraction of sp³-hybridized carbons (Fsp3) is 0.192. The Bertz CT molecular complexity index is 1070. The molecule has 1 N–H and O–H groups in total. The Hall–Kier alpha value is -3.73. The molecule has 1 amide bonds. The number of para-hydroxylation sites is 1. The van der Waals surface area contributed by atoms with Crippen molar-refractivity contribution in [2.75, 3.05) is 25.6 Å². The van der Waals surface area contributed by atoms with Crippen molar-refractivity contribution in [2.45, 2.75) is 12.6 Å². The third kappa shape index (κ3) is 4.40. The molecule has 0 fully saturated rings. The number of ether oxygens (including phenoxy) is 2. The molecule has 4 rings (SSSR count). The number of fused-ring (bicyclic) bond motifs is 1.